The van der Waals surface area contributed by atoms with Crippen LogP contribution in [0.1, 0.15) is 12.8 Å². The number of nitrogens with zero attached hydrogens (tertiary/aromatic N) is 1. The normalized spacial score (nSPS) is 14.9. The lowest BCUT2D eigenvalue weighted by Crippen LogP contribution is -2.33. The lowest BCUT2D eigenvalue weighted by molar-refractivity contribution is -0.128. The van der Waals surface area contributed by atoms with Crippen molar-refractivity contribution in [3.8, 4) is 0 Å². The largest absolute Gasteiger partial charge is 0.397 e. The van der Waals surface area contributed by atoms with Crippen LogP contribution in [0.15, 0.2) is 16.6 Å². The summed E-state index contributed by atoms with van der Waals surface area (Å²) in [7, 11) is 0. The van der Waals surface area contributed by atoms with Crippen LogP contribution in [0, 0.1) is 5.82 Å². The summed E-state index contributed by atoms with van der Waals surface area (Å²) in [5.41, 5.74) is 6.54. The number of rotatable bonds is 3. The van der Waals surface area contributed by atoms with Crippen LogP contribution in [0.25, 0.3) is 0 Å². The average Bonchev–Trinajstić information content (AvgIpc) is 2.85. The molecule has 1 aromatic rings. The second-order valence-corrected chi connectivity index (χ2v) is 5.15. The van der Waals surface area contributed by atoms with Gasteiger partial charge in [-0.1, -0.05) is 0 Å². The third-order valence-electron chi connectivity index (χ3n) is 2.98. The summed E-state index contributed by atoms with van der Waals surface area (Å²) in [4.78, 5) is 13.6. The fourth-order valence-corrected chi connectivity index (χ4v) is 2.31. The molecule has 2 rings (SSSR count). The van der Waals surface area contributed by atoms with Gasteiger partial charge in [0.05, 0.1) is 22.4 Å². The number of amides is 1. The van der Waals surface area contributed by atoms with Gasteiger partial charge < -0.3 is 16.0 Å². The Kier molecular flexibility index (Phi) is 4.06. The fourth-order valence-electron chi connectivity index (χ4n) is 1.96. The maximum Gasteiger partial charge on any atom is 0.241 e. The molecular weight excluding hydrogens is 301 g/mol. The summed E-state index contributed by atoms with van der Waals surface area (Å²) in [5.74, 6) is -0.365. The number of hydrogen-bond donors (Lipinski definition) is 2. The molecule has 1 saturated heterocycles. The van der Waals surface area contributed by atoms with E-state index in [9.17, 15) is 9.18 Å². The predicted octanol–water partition coefficient (Wildman–Crippen LogP) is 2.20. The molecule has 18 heavy (non-hydrogen) atoms. The molecule has 0 bridgehead atoms. The molecule has 1 aliphatic heterocycles. The van der Waals surface area contributed by atoms with Gasteiger partial charge in [0.15, 0.2) is 0 Å². The molecule has 1 fully saturated rings. The van der Waals surface area contributed by atoms with E-state index in [-0.39, 0.29) is 12.5 Å². The van der Waals surface area contributed by atoms with Crippen LogP contribution >= 0.6 is 15.9 Å². The Bertz CT molecular complexity index is 461. The number of nitrogens with two attached hydrogens (primary N) is 1. The van der Waals surface area contributed by atoms with E-state index in [0.29, 0.717) is 15.8 Å². The quantitative estimate of drug-likeness (QED) is 0.841. The summed E-state index contributed by atoms with van der Waals surface area (Å²) in [5, 5.41) is 2.94. The van der Waals surface area contributed by atoms with Crippen LogP contribution in [0.4, 0.5) is 15.8 Å². The molecule has 0 saturated carbocycles. The zero-order chi connectivity index (χ0) is 13.1. The van der Waals surface area contributed by atoms with E-state index in [2.05, 4.69) is 21.2 Å². The van der Waals surface area contributed by atoms with E-state index in [1.165, 1.54) is 6.07 Å². The molecule has 1 aromatic carbocycles. The van der Waals surface area contributed by atoms with Crippen LogP contribution in [0.5, 0.6) is 0 Å². The highest BCUT2D eigenvalue weighted by atomic mass is 79.9. The molecule has 0 radical (unpaired) electrons. The smallest absolute Gasteiger partial charge is 0.241 e. The van der Waals surface area contributed by atoms with E-state index in [1.807, 2.05) is 4.90 Å². The Labute approximate surface area is 113 Å². The van der Waals surface area contributed by atoms with Crippen LogP contribution < -0.4 is 11.1 Å². The van der Waals surface area contributed by atoms with Crippen LogP contribution in [0.3, 0.4) is 0 Å². The standard InChI is InChI=1S/C12H15BrFN3O/c13-8-5-11(10(15)6-9(8)14)16-7-12(18)17-3-1-2-4-17/h5-6,16H,1-4,7,15H2. The Hall–Kier alpha value is -1.30. The average molecular weight is 316 g/mol. The Morgan fingerprint density at radius 2 is 2.11 bits per heavy atom. The Balaban J connectivity index is 1.97. The van der Waals surface area contributed by atoms with Gasteiger partial charge in [0.25, 0.3) is 0 Å². The van der Waals surface area contributed by atoms with Crippen molar-refractivity contribution in [1.29, 1.82) is 0 Å². The summed E-state index contributed by atoms with van der Waals surface area (Å²) in [6, 6.07) is 2.77. The molecule has 4 nitrogen and oxygen atoms in total. The van der Waals surface area contributed by atoms with Crippen molar-refractivity contribution in [2.24, 2.45) is 0 Å². The van der Waals surface area contributed by atoms with Crippen molar-refractivity contribution < 1.29 is 9.18 Å². The minimum Gasteiger partial charge on any atom is -0.397 e. The van der Waals surface area contributed by atoms with Gasteiger partial charge in [-0.2, -0.15) is 0 Å². The van der Waals surface area contributed by atoms with E-state index >= 15 is 0 Å². The summed E-state index contributed by atoms with van der Waals surface area (Å²) in [6.07, 6.45) is 2.13. The number of carbonyl (C=O) groups is 1. The highest BCUT2D eigenvalue weighted by molar-refractivity contribution is 9.10. The molecule has 0 atom stereocenters. The molecule has 1 heterocycles. The van der Waals surface area contributed by atoms with E-state index in [4.69, 9.17) is 5.73 Å². The topological polar surface area (TPSA) is 58.4 Å². The van der Waals surface area contributed by atoms with Crippen molar-refractivity contribution in [2.45, 2.75) is 12.8 Å². The maximum absolute atomic E-state index is 13.2. The van der Waals surface area contributed by atoms with Crippen molar-refractivity contribution in [3.05, 3.63) is 22.4 Å². The Morgan fingerprint density at radius 3 is 2.78 bits per heavy atom. The molecule has 1 amide bonds. The Morgan fingerprint density at radius 1 is 1.44 bits per heavy atom. The first-order valence-corrected chi connectivity index (χ1v) is 6.63. The van der Waals surface area contributed by atoms with E-state index < -0.39 is 5.82 Å². The van der Waals surface area contributed by atoms with E-state index in [0.717, 1.165) is 25.9 Å². The number of nitrogen functional groups attached to an aromatic ring is 1. The number of halogens is 2. The summed E-state index contributed by atoms with van der Waals surface area (Å²) in [6.45, 7) is 1.83. The molecule has 3 N–H and O–H groups in total. The molecule has 98 valence electrons. The molecule has 0 unspecified atom stereocenters. The molecule has 6 heteroatoms. The first-order valence-electron chi connectivity index (χ1n) is 5.84. The molecule has 0 aliphatic carbocycles. The predicted molar refractivity (Wildman–Crippen MR) is 72.8 cm³/mol. The number of anilines is 2. The SMILES string of the molecule is Nc1cc(F)c(Br)cc1NCC(=O)N1CCCC1. The summed E-state index contributed by atoms with van der Waals surface area (Å²) >= 11 is 3.09. The third kappa shape index (κ3) is 2.93. The van der Waals surface area contributed by atoms with Gasteiger partial charge in [-0.25, -0.2) is 4.39 Å². The molecule has 1 aliphatic rings. The van der Waals surface area contributed by atoms with Gasteiger partial charge in [0.2, 0.25) is 5.91 Å². The van der Waals surface area contributed by atoms with Gasteiger partial charge in [0, 0.05) is 19.2 Å². The first-order chi connectivity index (χ1) is 8.58. The van der Waals surface area contributed by atoms with Crippen LogP contribution in [0.2, 0.25) is 0 Å². The molecule has 0 aromatic heterocycles. The highest BCUT2D eigenvalue weighted by Gasteiger charge is 2.17. The number of hydrogen-bond acceptors (Lipinski definition) is 3. The first kappa shape index (κ1) is 13.1. The van der Waals surface area contributed by atoms with Gasteiger partial charge in [0.1, 0.15) is 5.82 Å². The van der Waals surface area contributed by atoms with Crippen LogP contribution in [-0.4, -0.2) is 30.4 Å². The number of benzene rings is 1. The monoisotopic (exact) mass is 315 g/mol. The number of nitrogens with one attached hydrogen (secondary N) is 1. The van der Waals surface area contributed by atoms with Crippen molar-refractivity contribution in [1.82, 2.24) is 4.90 Å². The van der Waals surface area contributed by atoms with Crippen molar-refractivity contribution >= 4 is 33.2 Å². The summed E-state index contributed by atoms with van der Waals surface area (Å²) < 4.78 is 13.5. The minimum absolute atomic E-state index is 0.0485. The van der Waals surface area contributed by atoms with Gasteiger partial charge in [-0.3, -0.25) is 4.79 Å². The van der Waals surface area contributed by atoms with Crippen LogP contribution in [-0.2, 0) is 4.79 Å². The zero-order valence-electron chi connectivity index (χ0n) is 9.88. The molecule has 0 spiro atoms. The van der Waals surface area contributed by atoms with Gasteiger partial charge in [-0.15, -0.1) is 0 Å². The van der Waals surface area contributed by atoms with Crippen molar-refractivity contribution in [3.63, 3.8) is 0 Å². The van der Waals surface area contributed by atoms with Gasteiger partial charge in [-0.05, 0) is 34.8 Å². The molecular formula is C12H15BrFN3O. The number of carbonyl (C=O) groups excluding carboxylic acids is 1. The lowest BCUT2D eigenvalue weighted by atomic mass is 10.2. The minimum atomic E-state index is -0.413. The maximum atomic E-state index is 13.2. The fraction of sp³-hybridized carbons (Fsp3) is 0.417. The highest BCUT2D eigenvalue weighted by Crippen LogP contribution is 2.26. The third-order valence-corrected chi connectivity index (χ3v) is 3.59. The second-order valence-electron chi connectivity index (χ2n) is 4.30. The second kappa shape index (κ2) is 5.56. The van der Waals surface area contributed by atoms with E-state index in [1.54, 1.807) is 6.07 Å². The van der Waals surface area contributed by atoms with Gasteiger partial charge >= 0.3 is 0 Å². The lowest BCUT2D eigenvalue weighted by Gasteiger charge is -2.16. The zero-order valence-corrected chi connectivity index (χ0v) is 11.5. The van der Waals surface area contributed by atoms with Crippen molar-refractivity contribution in [2.75, 3.05) is 30.7 Å². The number of likely N-dealkylation sites (tertiary alicyclic amines) is 1.